The van der Waals surface area contributed by atoms with Gasteiger partial charge >= 0.3 is 6.03 Å². The number of methoxy groups -OCH3 is 1. The van der Waals surface area contributed by atoms with E-state index in [2.05, 4.69) is 10.6 Å². The number of rotatable bonds is 3. The highest BCUT2D eigenvalue weighted by Crippen LogP contribution is 2.26. The predicted octanol–water partition coefficient (Wildman–Crippen LogP) is 0.438. The number of ether oxygens (including phenoxy) is 1. The van der Waals surface area contributed by atoms with Gasteiger partial charge in [-0.15, -0.1) is 0 Å². The summed E-state index contributed by atoms with van der Waals surface area (Å²) in [6.07, 6.45) is 1.20. The number of benzene rings is 1. The zero-order valence-corrected chi connectivity index (χ0v) is 12.9. The summed E-state index contributed by atoms with van der Waals surface area (Å²) in [6, 6.07) is 6.94. The van der Waals surface area contributed by atoms with Crippen molar-refractivity contribution < 1.29 is 19.1 Å². The summed E-state index contributed by atoms with van der Waals surface area (Å²) in [4.78, 5) is 37.3. The highest BCUT2D eigenvalue weighted by atomic mass is 16.5. The van der Waals surface area contributed by atoms with Crippen LogP contribution in [0.3, 0.4) is 0 Å². The number of piperidine rings is 1. The van der Waals surface area contributed by atoms with Crippen LogP contribution in [0.4, 0.5) is 4.79 Å². The van der Waals surface area contributed by atoms with Gasteiger partial charge in [0.1, 0.15) is 11.3 Å². The minimum atomic E-state index is -0.839. The first-order valence-electron chi connectivity index (χ1n) is 7.57. The molecule has 2 N–H and O–H groups in total. The van der Waals surface area contributed by atoms with Crippen LogP contribution < -0.4 is 15.4 Å². The van der Waals surface area contributed by atoms with Gasteiger partial charge in [0.05, 0.1) is 13.5 Å². The number of nitrogens with one attached hydrogen (secondary N) is 2. The van der Waals surface area contributed by atoms with Crippen molar-refractivity contribution >= 4 is 17.8 Å². The van der Waals surface area contributed by atoms with Crippen LogP contribution in [0.2, 0.25) is 0 Å². The Labute approximate surface area is 134 Å². The van der Waals surface area contributed by atoms with E-state index >= 15 is 0 Å². The van der Waals surface area contributed by atoms with Crippen molar-refractivity contribution in [3.05, 3.63) is 29.8 Å². The van der Waals surface area contributed by atoms with Crippen LogP contribution in [0, 0.1) is 0 Å². The van der Waals surface area contributed by atoms with E-state index in [1.54, 1.807) is 12.0 Å². The van der Waals surface area contributed by atoms with Crippen molar-refractivity contribution in [2.75, 3.05) is 20.2 Å². The lowest BCUT2D eigenvalue weighted by atomic mass is 9.87. The summed E-state index contributed by atoms with van der Waals surface area (Å²) in [5, 5.41) is 4.96. The van der Waals surface area contributed by atoms with Crippen molar-refractivity contribution in [1.82, 2.24) is 15.5 Å². The first-order valence-corrected chi connectivity index (χ1v) is 7.57. The summed E-state index contributed by atoms with van der Waals surface area (Å²) in [7, 11) is 1.60. The third kappa shape index (κ3) is 2.99. The second kappa shape index (κ2) is 5.91. The molecule has 2 heterocycles. The summed E-state index contributed by atoms with van der Waals surface area (Å²) in [5.41, 5.74) is 0.0801. The molecule has 122 valence electrons. The summed E-state index contributed by atoms with van der Waals surface area (Å²) < 4.78 is 5.10. The molecule has 2 saturated heterocycles. The molecule has 7 heteroatoms. The predicted molar refractivity (Wildman–Crippen MR) is 81.9 cm³/mol. The van der Waals surface area contributed by atoms with Crippen molar-refractivity contribution in [2.24, 2.45) is 0 Å². The molecule has 3 rings (SSSR count). The Kier molecular flexibility index (Phi) is 3.94. The summed E-state index contributed by atoms with van der Waals surface area (Å²) in [5.74, 6) is 0.489. The first kappa shape index (κ1) is 15.3. The lowest BCUT2D eigenvalue weighted by molar-refractivity contribution is -0.135. The van der Waals surface area contributed by atoms with Gasteiger partial charge < -0.3 is 15.0 Å². The van der Waals surface area contributed by atoms with Gasteiger partial charge in [0.25, 0.3) is 5.91 Å². The van der Waals surface area contributed by atoms with Gasteiger partial charge in [-0.3, -0.25) is 14.9 Å². The topological polar surface area (TPSA) is 87.7 Å². The zero-order valence-electron chi connectivity index (χ0n) is 12.9. The van der Waals surface area contributed by atoms with E-state index in [1.807, 2.05) is 24.3 Å². The standard InChI is InChI=1S/C16H19N3O4/c1-23-12-4-2-11(3-5-12)10-13(20)19-8-6-16(7-9-19)14(21)17-15(22)18-16/h2-5H,6-10H2,1H3,(H2,17,18,21,22). The molecule has 0 atom stereocenters. The fourth-order valence-electron chi connectivity index (χ4n) is 3.05. The third-order valence-corrected chi connectivity index (χ3v) is 4.50. The maximum absolute atomic E-state index is 12.4. The first-order chi connectivity index (χ1) is 11.0. The zero-order chi connectivity index (χ0) is 16.4. The fraction of sp³-hybridized carbons (Fsp3) is 0.438. The number of amides is 4. The Morgan fingerprint density at radius 2 is 1.87 bits per heavy atom. The Morgan fingerprint density at radius 1 is 1.22 bits per heavy atom. The van der Waals surface area contributed by atoms with Gasteiger partial charge in [0, 0.05) is 13.1 Å². The number of likely N-dealkylation sites (tertiary alicyclic amines) is 1. The average Bonchev–Trinajstić information content (AvgIpc) is 2.82. The highest BCUT2D eigenvalue weighted by molar-refractivity contribution is 6.07. The number of imide groups is 1. The second-order valence-electron chi connectivity index (χ2n) is 5.90. The Bertz CT molecular complexity index is 633. The van der Waals surface area contributed by atoms with E-state index in [9.17, 15) is 14.4 Å². The van der Waals surface area contributed by atoms with Crippen LogP contribution in [0.25, 0.3) is 0 Å². The van der Waals surface area contributed by atoms with Crippen molar-refractivity contribution in [3.63, 3.8) is 0 Å². The van der Waals surface area contributed by atoms with Crippen LogP contribution in [0.15, 0.2) is 24.3 Å². The second-order valence-corrected chi connectivity index (χ2v) is 5.90. The highest BCUT2D eigenvalue weighted by Gasteiger charge is 2.48. The minimum absolute atomic E-state index is 0.0229. The fourth-order valence-corrected chi connectivity index (χ4v) is 3.05. The molecule has 2 fully saturated rings. The normalized spacial score (nSPS) is 19.4. The number of hydrogen-bond acceptors (Lipinski definition) is 4. The maximum Gasteiger partial charge on any atom is 0.322 e. The van der Waals surface area contributed by atoms with Crippen molar-refractivity contribution in [2.45, 2.75) is 24.8 Å². The van der Waals surface area contributed by atoms with E-state index in [4.69, 9.17) is 4.74 Å². The summed E-state index contributed by atoms with van der Waals surface area (Å²) in [6.45, 7) is 0.922. The van der Waals surface area contributed by atoms with E-state index < -0.39 is 11.6 Å². The lowest BCUT2D eigenvalue weighted by Gasteiger charge is -2.37. The molecule has 0 aromatic heterocycles. The quantitative estimate of drug-likeness (QED) is 0.792. The van der Waals surface area contributed by atoms with E-state index in [0.29, 0.717) is 32.4 Å². The largest absolute Gasteiger partial charge is 0.497 e. The smallest absolute Gasteiger partial charge is 0.322 e. The van der Waals surface area contributed by atoms with Gasteiger partial charge in [0.15, 0.2) is 0 Å². The molecular weight excluding hydrogens is 298 g/mol. The van der Waals surface area contributed by atoms with Gasteiger partial charge in [-0.25, -0.2) is 4.79 Å². The number of carbonyl (C=O) groups excluding carboxylic acids is 3. The van der Waals surface area contributed by atoms with Gasteiger partial charge in [-0.1, -0.05) is 12.1 Å². The van der Waals surface area contributed by atoms with Crippen LogP contribution in [-0.2, 0) is 16.0 Å². The molecule has 23 heavy (non-hydrogen) atoms. The van der Waals surface area contributed by atoms with Crippen molar-refractivity contribution in [1.29, 1.82) is 0 Å². The number of nitrogens with zero attached hydrogens (tertiary/aromatic N) is 1. The molecule has 4 amide bonds. The molecule has 0 unspecified atom stereocenters. The molecule has 0 bridgehead atoms. The van der Waals surface area contributed by atoms with Gasteiger partial charge in [0.2, 0.25) is 5.91 Å². The molecule has 2 aliphatic rings. The maximum atomic E-state index is 12.4. The van der Waals surface area contributed by atoms with Gasteiger partial charge in [-0.05, 0) is 30.5 Å². The Balaban J connectivity index is 1.57. The van der Waals surface area contributed by atoms with Crippen LogP contribution in [0.5, 0.6) is 5.75 Å². The molecule has 1 aromatic rings. The molecule has 0 saturated carbocycles. The van der Waals surface area contributed by atoms with Crippen LogP contribution in [0.1, 0.15) is 18.4 Å². The Morgan fingerprint density at radius 3 is 2.39 bits per heavy atom. The molecule has 0 aliphatic carbocycles. The lowest BCUT2D eigenvalue weighted by Crippen LogP contribution is -2.55. The molecular formula is C16H19N3O4. The molecule has 1 aromatic carbocycles. The molecule has 1 spiro atoms. The van der Waals surface area contributed by atoms with Crippen LogP contribution >= 0.6 is 0 Å². The summed E-state index contributed by atoms with van der Waals surface area (Å²) >= 11 is 0. The Hall–Kier alpha value is -2.57. The third-order valence-electron chi connectivity index (χ3n) is 4.50. The number of hydrogen-bond donors (Lipinski definition) is 2. The minimum Gasteiger partial charge on any atom is -0.497 e. The molecule has 2 aliphatic heterocycles. The molecule has 0 radical (unpaired) electrons. The number of carbonyl (C=O) groups is 3. The SMILES string of the molecule is COc1ccc(CC(=O)N2CCC3(CC2)NC(=O)NC3=O)cc1. The molecule has 7 nitrogen and oxygen atoms in total. The average molecular weight is 317 g/mol. The van der Waals surface area contributed by atoms with E-state index in [0.717, 1.165) is 11.3 Å². The van der Waals surface area contributed by atoms with E-state index in [-0.39, 0.29) is 11.8 Å². The van der Waals surface area contributed by atoms with Crippen molar-refractivity contribution in [3.8, 4) is 5.75 Å². The van der Waals surface area contributed by atoms with Gasteiger partial charge in [-0.2, -0.15) is 0 Å². The van der Waals surface area contributed by atoms with E-state index in [1.165, 1.54) is 0 Å². The monoisotopic (exact) mass is 317 g/mol. The number of urea groups is 1. The van der Waals surface area contributed by atoms with Crippen LogP contribution in [-0.4, -0.2) is 48.5 Å².